The fourth-order valence-corrected chi connectivity index (χ4v) is 3.79. The van der Waals surface area contributed by atoms with Crippen LogP contribution in [0.25, 0.3) is 0 Å². The summed E-state index contributed by atoms with van der Waals surface area (Å²) in [6.07, 6.45) is 6.94. The minimum Gasteiger partial charge on any atom is -0.444 e. The highest BCUT2D eigenvalue weighted by atomic mass is 16.6. The molecule has 0 spiro atoms. The van der Waals surface area contributed by atoms with Gasteiger partial charge in [0.1, 0.15) is 5.60 Å². The Morgan fingerprint density at radius 2 is 1.68 bits per heavy atom. The smallest absolute Gasteiger partial charge is 0.407 e. The Morgan fingerprint density at radius 3 is 2.32 bits per heavy atom. The van der Waals surface area contributed by atoms with Gasteiger partial charge < -0.3 is 15.4 Å². The van der Waals surface area contributed by atoms with Gasteiger partial charge in [-0.3, -0.25) is 0 Å². The fourth-order valence-electron chi connectivity index (χ4n) is 3.79. The molecule has 2 rings (SSSR count). The van der Waals surface area contributed by atoms with Gasteiger partial charge in [0.2, 0.25) is 0 Å². The number of nitrogens with one attached hydrogen (secondary N) is 2. The molecule has 2 N–H and O–H groups in total. The Morgan fingerprint density at radius 1 is 1.00 bits per heavy atom. The van der Waals surface area contributed by atoms with E-state index in [0.29, 0.717) is 12.1 Å². The van der Waals surface area contributed by atoms with E-state index in [0.717, 1.165) is 24.7 Å². The number of alkyl carbamates (subject to hydrolysis) is 1. The van der Waals surface area contributed by atoms with Crippen molar-refractivity contribution in [2.24, 2.45) is 11.8 Å². The van der Waals surface area contributed by atoms with Crippen LogP contribution in [0.2, 0.25) is 0 Å². The number of rotatable bonds is 3. The number of amides is 1. The first-order valence-electron chi connectivity index (χ1n) is 9.00. The third kappa shape index (κ3) is 5.15. The van der Waals surface area contributed by atoms with Crippen molar-refractivity contribution < 1.29 is 9.53 Å². The lowest BCUT2D eigenvalue weighted by molar-refractivity contribution is 0.0495. The number of hydrogen-bond acceptors (Lipinski definition) is 3. The number of ether oxygens (including phenoxy) is 1. The van der Waals surface area contributed by atoms with Crippen molar-refractivity contribution in [3.05, 3.63) is 0 Å². The first kappa shape index (κ1) is 17.6. The fraction of sp³-hybridized carbons (Fsp3) is 0.944. The second-order valence-electron chi connectivity index (χ2n) is 8.42. The van der Waals surface area contributed by atoms with Gasteiger partial charge in [-0.1, -0.05) is 13.8 Å². The maximum atomic E-state index is 12.0. The van der Waals surface area contributed by atoms with Crippen molar-refractivity contribution in [2.45, 2.75) is 96.9 Å². The van der Waals surface area contributed by atoms with Crippen molar-refractivity contribution in [3.8, 4) is 0 Å². The van der Waals surface area contributed by atoms with Gasteiger partial charge in [0.25, 0.3) is 0 Å². The molecule has 1 amide bonds. The second kappa shape index (κ2) is 7.20. The Labute approximate surface area is 135 Å². The summed E-state index contributed by atoms with van der Waals surface area (Å²) in [5, 5.41) is 6.89. The SMILES string of the molecule is CC1CCC(NC2CCCC2NC(=O)OC(C)(C)C)CC1C. The van der Waals surface area contributed by atoms with E-state index < -0.39 is 5.60 Å². The molecule has 5 atom stereocenters. The van der Waals surface area contributed by atoms with Crippen LogP contribution in [0.3, 0.4) is 0 Å². The van der Waals surface area contributed by atoms with Crippen molar-refractivity contribution in [2.75, 3.05) is 0 Å². The van der Waals surface area contributed by atoms with E-state index in [2.05, 4.69) is 24.5 Å². The van der Waals surface area contributed by atoms with Gasteiger partial charge >= 0.3 is 6.09 Å². The molecule has 4 nitrogen and oxygen atoms in total. The van der Waals surface area contributed by atoms with Crippen LogP contribution in [0.15, 0.2) is 0 Å². The van der Waals surface area contributed by atoms with Crippen molar-refractivity contribution in [1.82, 2.24) is 10.6 Å². The average molecular weight is 310 g/mol. The van der Waals surface area contributed by atoms with E-state index >= 15 is 0 Å². The number of carbonyl (C=O) groups is 1. The standard InChI is InChI=1S/C18H34N2O2/c1-12-9-10-14(11-13(12)2)19-15-7-6-8-16(15)20-17(21)22-18(3,4)5/h12-16,19H,6-11H2,1-5H3,(H,20,21). The van der Waals surface area contributed by atoms with Crippen LogP contribution in [0, 0.1) is 11.8 Å². The Balaban J connectivity index is 1.82. The molecule has 2 fully saturated rings. The lowest BCUT2D eigenvalue weighted by Crippen LogP contribution is -2.51. The Kier molecular flexibility index (Phi) is 5.76. The molecule has 128 valence electrons. The molecule has 5 unspecified atom stereocenters. The molecule has 0 radical (unpaired) electrons. The molecule has 0 aromatic heterocycles. The van der Waals surface area contributed by atoms with Crippen LogP contribution < -0.4 is 10.6 Å². The van der Waals surface area contributed by atoms with Crippen LogP contribution in [-0.4, -0.2) is 29.8 Å². The predicted octanol–water partition coefficient (Wildman–Crippen LogP) is 3.85. The summed E-state index contributed by atoms with van der Waals surface area (Å²) in [6.45, 7) is 10.4. The first-order valence-corrected chi connectivity index (χ1v) is 9.00. The van der Waals surface area contributed by atoms with Gasteiger partial charge in [0.15, 0.2) is 0 Å². The van der Waals surface area contributed by atoms with E-state index in [9.17, 15) is 4.79 Å². The van der Waals surface area contributed by atoms with E-state index in [1.165, 1.54) is 25.7 Å². The van der Waals surface area contributed by atoms with Crippen LogP contribution in [0.1, 0.15) is 73.1 Å². The third-order valence-electron chi connectivity index (χ3n) is 5.27. The van der Waals surface area contributed by atoms with Crippen molar-refractivity contribution >= 4 is 6.09 Å². The minimum absolute atomic E-state index is 0.213. The zero-order valence-electron chi connectivity index (χ0n) is 14.9. The van der Waals surface area contributed by atoms with Gasteiger partial charge in [-0.15, -0.1) is 0 Å². The molecule has 2 aliphatic carbocycles. The monoisotopic (exact) mass is 310 g/mol. The van der Waals surface area contributed by atoms with E-state index in [1.54, 1.807) is 0 Å². The maximum absolute atomic E-state index is 12.0. The lowest BCUT2D eigenvalue weighted by Gasteiger charge is -2.35. The summed E-state index contributed by atoms with van der Waals surface area (Å²) in [7, 11) is 0. The molecule has 0 aromatic carbocycles. The molecule has 2 aliphatic rings. The molecular formula is C18H34N2O2. The summed E-state index contributed by atoms with van der Waals surface area (Å²) in [5.74, 6) is 1.64. The summed E-state index contributed by atoms with van der Waals surface area (Å²) in [4.78, 5) is 12.0. The molecule has 0 saturated heterocycles. The highest BCUT2D eigenvalue weighted by Crippen LogP contribution is 2.31. The Bertz CT molecular complexity index is 378. The highest BCUT2D eigenvalue weighted by molar-refractivity contribution is 5.68. The van der Waals surface area contributed by atoms with Crippen LogP contribution in [0.4, 0.5) is 4.79 Å². The summed E-state index contributed by atoms with van der Waals surface area (Å²) in [6, 6.07) is 1.22. The number of hydrogen-bond donors (Lipinski definition) is 2. The van der Waals surface area contributed by atoms with E-state index in [1.807, 2.05) is 20.8 Å². The van der Waals surface area contributed by atoms with Crippen LogP contribution in [-0.2, 0) is 4.74 Å². The molecular weight excluding hydrogens is 276 g/mol. The molecule has 0 aliphatic heterocycles. The maximum Gasteiger partial charge on any atom is 0.407 e. The molecule has 22 heavy (non-hydrogen) atoms. The molecule has 0 heterocycles. The minimum atomic E-state index is -0.430. The summed E-state index contributed by atoms with van der Waals surface area (Å²) < 4.78 is 5.39. The lowest BCUT2D eigenvalue weighted by atomic mass is 9.79. The van der Waals surface area contributed by atoms with Gasteiger partial charge in [-0.2, -0.15) is 0 Å². The van der Waals surface area contributed by atoms with Crippen molar-refractivity contribution in [3.63, 3.8) is 0 Å². The highest BCUT2D eigenvalue weighted by Gasteiger charge is 2.33. The topological polar surface area (TPSA) is 50.4 Å². The Hall–Kier alpha value is -0.770. The molecule has 2 saturated carbocycles. The quantitative estimate of drug-likeness (QED) is 0.832. The van der Waals surface area contributed by atoms with Crippen LogP contribution in [0.5, 0.6) is 0 Å². The molecule has 4 heteroatoms. The van der Waals surface area contributed by atoms with Gasteiger partial charge in [0, 0.05) is 18.1 Å². The largest absolute Gasteiger partial charge is 0.444 e. The predicted molar refractivity (Wildman–Crippen MR) is 89.9 cm³/mol. The van der Waals surface area contributed by atoms with Gasteiger partial charge in [-0.25, -0.2) is 4.79 Å². The number of carbonyl (C=O) groups excluding carboxylic acids is 1. The van der Waals surface area contributed by atoms with E-state index in [-0.39, 0.29) is 12.1 Å². The van der Waals surface area contributed by atoms with Crippen molar-refractivity contribution in [1.29, 1.82) is 0 Å². The third-order valence-corrected chi connectivity index (χ3v) is 5.27. The van der Waals surface area contributed by atoms with Gasteiger partial charge in [0.05, 0.1) is 0 Å². The summed E-state index contributed by atoms with van der Waals surface area (Å²) in [5.41, 5.74) is -0.430. The first-order chi connectivity index (χ1) is 10.2. The zero-order chi connectivity index (χ0) is 16.3. The van der Waals surface area contributed by atoms with E-state index in [4.69, 9.17) is 4.74 Å². The average Bonchev–Trinajstić information content (AvgIpc) is 2.79. The molecule has 0 bridgehead atoms. The zero-order valence-corrected chi connectivity index (χ0v) is 14.9. The molecule has 0 aromatic rings. The summed E-state index contributed by atoms with van der Waals surface area (Å²) >= 11 is 0. The second-order valence-corrected chi connectivity index (χ2v) is 8.42. The van der Waals surface area contributed by atoms with Gasteiger partial charge in [-0.05, 0) is 71.1 Å². The normalized spacial score (nSPS) is 36.1. The van der Waals surface area contributed by atoms with Crippen LogP contribution >= 0.6 is 0 Å².